The number of rotatable bonds is 10. The first-order valence-corrected chi connectivity index (χ1v) is 17.2. The second kappa shape index (κ2) is 13.9. The lowest BCUT2D eigenvalue weighted by molar-refractivity contribution is 0.299. The summed E-state index contributed by atoms with van der Waals surface area (Å²) in [6, 6.07) is 50.1. The molecule has 5 aromatic carbocycles. The fraction of sp³-hybridized carbons (Fsp3) is 0.163. The van der Waals surface area contributed by atoms with Gasteiger partial charge in [0.05, 0.1) is 5.69 Å². The standard InChI is InChI=1S/C43H38N6O/c1-2-36-28-41(39-29-44-26-25-40(39)45-36)50-30-31-23-24-37(32-15-7-3-8-16-32)38(27-31)42-46-48-49(47-42)43(33-17-9-4-10-18-33,34-19-11-5-12-20-34)35-21-13-6-14-22-35/h3-24,27-28,44H,2,25-26,29-30H2,1H3. The topological polar surface area (TPSA) is 77.8 Å². The van der Waals surface area contributed by atoms with Crippen molar-refractivity contribution in [3.05, 3.63) is 185 Å². The van der Waals surface area contributed by atoms with Crippen molar-refractivity contribution in [3.8, 4) is 28.3 Å². The summed E-state index contributed by atoms with van der Waals surface area (Å²) < 4.78 is 6.56. The van der Waals surface area contributed by atoms with Gasteiger partial charge in [-0.05, 0) is 51.1 Å². The number of fused-ring (bicyclic) bond motifs is 1. The smallest absolute Gasteiger partial charge is 0.205 e. The molecule has 2 aromatic heterocycles. The molecule has 0 atom stereocenters. The van der Waals surface area contributed by atoms with Crippen LogP contribution >= 0.6 is 0 Å². The van der Waals surface area contributed by atoms with Crippen molar-refractivity contribution in [2.75, 3.05) is 6.54 Å². The Morgan fingerprint density at radius 3 is 1.96 bits per heavy atom. The Bertz CT molecular complexity index is 2110. The van der Waals surface area contributed by atoms with Gasteiger partial charge in [-0.1, -0.05) is 140 Å². The number of tetrazole rings is 1. The van der Waals surface area contributed by atoms with E-state index in [4.69, 9.17) is 25.1 Å². The number of pyridine rings is 1. The molecule has 0 unspecified atom stereocenters. The maximum Gasteiger partial charge on any atom is 0.205 e. The van der Waals surface area contributed by atoms with Crippen LogP contribution in [-0.2, 0) is 31.5 Å². The van der Waals surface area contributed by atoms with Gasteiger partial charge in [-0.3, -0.25) is 4.98 Å². The molecule has 0 saturated heterocycles. The van der Waals surface area contributed by atoms with Crippen LogP contribution in [0.1, 0.15) is 46.1 Å². The Hall–Kier alpha value is -5.92. The summed E-state index contributed by atoms with van der Waals surface area (Å²) in [6.45, 7) is 4.23. The molecule has 0 bridgehead atoms. The molecule has 7 heteroatoms. The van der Waals surface area contributed by atoms with E-state index < -0.39 is 5.54 Å². The molecule has 7 aromatic rings. The molecule has 3 heterocycles. The zero-order valence-electron chi connectivity index (χ0n) is 28.0. The molecule has 7 nitrogen and oxygen atoms in total. The summed E-state index contributed by atoms with van der Waals surface area (Å²) in [6.07, 6.45) is 1.78. The van der Waals surface area contributed by atoms with E-state index in [1.165, 1.54) is 0 Å². The van der Waals surface area contributed by atoms with Gasteiger partial charge in [-0.2, -0.15) is 0 Å². The third-order valence-corrected chi connectivity index (χ3v) is 9.52. The fourth-order valence-corrected chi connectivity index (χ4v) is 7.03. The lowest BCUT2D eigenvalue weighted by Crippen LogP contribution is -2.39. The highest BCUT2D eigenvalue weighted by Gasteiger charge is 2.41. The highest BCUT2D eigenvalue weighted by atomic mass is 16.5. The molecular weight excluding hydrogens is 617 g/mol. The van der Waals surface area contributed by atoms with Crippen molar-refractivity contribution in [2.45, 2.75) is 38.5 Å². The van der Waals surface area contributed by atoms with E-state index in [0.717, 1.165) is 87.6 Å². The van der Waals surface area contributed by atoms with Crippen LogP contribution in [0.3, 0.4) is 0 Å². The van der Waals surface area contributed by atoms with Crippen molar-refractivity contribution < 1.29 is 4.74 Å². The van der Waals surface area contributed by atoms with Crippen LogP contribution in [0.2, 0.25) is 0 Å². The van der Waals surface area contributed by atoms with Gasteiger partial charge >= 0.3 is 0 Å². The van der Waals surface area contributed by atoms with E-state index in [1.54, 1.807) is 4.80 Å². The molecule has 0 saturated carbocycles. The molecule has 0 fully saturated rings. The minimum Gasteiger partial charge on any atom is -0.488 e. The number of ether oxygens (including phenoxy) is 1. The van der Waals surface area contributed by atoms with Gasteiger partial charge in [0.15, 0.2) is 5.54 Å². The fourth-order valence-electron chi connectivity index (χ4n) is 7.03. The van der Waals surface area contributed by atoms with E-state index in [2.05, 4.69) is 134 Å². The quantitative estimate of drug-likeness (QED) is 0.151. The first-order chi connectivity index (χ1) is 24.7. The first-order valence-electron chi connectivity index (χ1n) is 17.2. The highest BCUT2D eigenvalue weighted by molar-refractivity contribution is 5.81. The third kappa shape index (κ3) is 5.86. The zero-order valence-corrected chi connectivity index (χ0v) is 28.0. The van der Waals surface area contributed by atoms with E-state index in [1.807, 2.05) is 24.3 Å². The normalized spacial score (nSPS) is 12.7. The van der Waals surface area contributed by atoms with Crippen LogP contribution in [0.5, 0.6) is 5.75 Å². The summed E-state index contributed by atoms with van der Waals surface area (Å²) >= 11 is 0. The molecule has 0 aliphatic carbocycles. The Balaban J connectivity index is 1.25. The van der Waals surface area contributed by atoms with Gasteiger partial charge in [-0.15, -0.1) is 15.0 Å². The number of aromatic nitrogens is 5. The first kappa shape index (κ1) is 31.4. The summed E-state index contributed by atoms with van der Waals surface area (Å²) in [7, 11) is 0. The second-order valence-corrected chi connectivity index (χ2v) is 12.6. The minimum absolute atomic E-state index is 0.401. The van der Waals surface area contributed by atoms with Gasteiger partial charge < -0.3 is 10.1 Å². The molecule has 0 radical (unpaired) electrons. The van der Waals surface area contributed by atoms with Crippen molar-refractivity contribution in [1.29, 1.82) is 0 Å². The lowest BCUT2D eigenvalue weighted by atomic mass is 9.77. The summed E-state index contributed by atoms with van der Waals surface area (Å²) in [5, 5.41) is 18.4. The highest BCUT2D eigenvalue weighted by Crippen LogP contribution is 2.40. The Morgan fingerprint density at radius 1 is 0.720 bits per heavy atom. The molecule has 8 rings (SSSR count). The van der Waals surface area contributed by atoms with Crippen LogP contribution < -0.4 is 10.1 Å². The molecule has 1 aliphatic heterocycles. The maximum absolute atomic E-state index is 6.56. The van der Waals surface area contributed by atoms with Crippen molar-refractivity contribution in [3.63, 3.8) is 0 Å². The van der Waals surface area contributed by atoms with E-state index in [0.29, 0.717) is 12.4 Å². The van der Waals surface area contributed by atoms with Crippen LogP contribution in [0.25, 0.3) is 22.5 Å². The van der Waals surface area contributed by atoms with Crippen LogP contribution in [-0.4, -0.2) is 31.7 Å². The van der Waals surface area contributed by atoms with Gasteiger partial charge in [-0.25, -0.2) is 0 Å². The van der Waals surface area contributed by atoms with Crippen LogP contribution in [0, 0.1) is 0 Å². The summed E-state index contributed by atoms with van der Waals surface area (Å²) in [4.78, 5) is 6.67. The Morgan fingerprint density at radius 2 is 1.34 bits per heavy atom. The van der Waals surface area contributed by atoms with Gasteiger partial charge in [0, 0.05) is 42.4 Å². The predicted octanol–water partition coefficient (Wildman–Crippen LogP) is 8.03. The van der Waals surface area contributed by atoms with Crippen molar-refractivity contribution in [2.24, 2.45) is 0 Å². The molecule has 1 aliphatic rings. The number of hydrogen-bond donors (Lipinski definition) is 1. The van der Waals surface area contributed by atoms with E-state index in [9.17, 15) is 0 Å². The largest absolute Gasteiger partial charge is 0.488 e. The Labute approximate surface area is 292 Å². The third-order valence-electron chi connectivity index (χ3n) is 9.52. The average Bonchev–Trinajstić information content (AvgIpc) is 3.69. The number of benzene rings is 5. The SMILES string of the molecule is CCc1cc(OCc2ccc(-c3ccccc3)c(-c3nnn(C(c4ccccc4)(c4ccccc4)c4ccccc4)n3)c2)c2c(n1)CCNC2. The summed E-state index contributed by atoms with van der Waals surface area (Å²) in [5.74, 6) is 1.44. The van der Waals surface area contributed by atoms with E-state index in [-0.39, 0.29) is 0 Å². The number of hydrogen-bond acceptors (Lipinski definition) is 6. The van der Waals surface area contributed by atoms with Crippen molar-refractivity contribution in [1.82, 2.24) is 30.5 Å². The zero-order chi connectivity index (χ0) is 33.8. The van der Waals surface area contributed by atoms with Crippen LogP contribution in [0.4, 0.5) is 0 Å². The number of nitrogens with zero attached hydrogens (tertiary/aromatic N) is 5. The molecular formula is C43H38N6O. The molecule has 0 spiro atoms. The molecule has 246 valence electrons. The predicted molar refractivity (Wildman–Crippen MR) is 197 cm³/mol. The van der Waals surface area contributed by atoms with Gasteiger partial charge in [0.1, 0.15) is 12.4 Å². The Kier molecular flexibility index (Phi) is 8.72. The van der Waals surface area contributed by atoms with Gasteiger partial charge in [0.2, 0.25) is 5.82 Å². The lowest BCUT2D eigenvalue weighted by Gasteiger charge is -2.34. The number of aryl methyl sites for hydroxylation is 1. The number of nitrogens with one attached hydrogen (secondary N) is 1. The maximum atomic E-state index is 6.56. The van der Waals surface area contributed by atoms with Crippen LogP contribution in [0.15, 0.2) is 146 Å². The van der Waals surface area contributed by atoms with E-state index >= 15 is 0 Å². The molecule has 1 N–H and O–H groups in total. The average molecular weight is 655 g/mol. The minimum atomic E-state index is -0.867. The monoisotopic (exact) mass is 654 g/mol. The molecule has 0 amide bonds. The van der Waals surface area contributed by atoms with Gasteiger partial charge in [0.25, 0.3) is 0 Å². The summed E-state index contributed by atoms with van der Waals surface area (Å²) in [5.41, 5.74) is 9.59. The van der Waals surface area contributed by atoms with Crippen molar-refractivity contribution >= 4 is 0 Å². The molecule has 50 heavy (non-hydrogen) atoms. The second-order valence-electron chi connectivity index (χ2n) is 12.6.